The van der Waals surface area contributed by atoms with E-state index in [0.29, 0.717) is 12.8 Å². The van der Waals surface area contributed by atoms with Crippen LogP contribution in [-0.4, -0.2) is 193 Å². The van der Waals surface area contributed by atoms with Crippen LogP contribution in [0.4, 0.5) is 0 Å². The minimum Gasteiger partial charge on any atom is -0.394 e. The van der Waals surface area contributed by atoms with Gasteiger partial charge >= 0.3 is 0 Å². The Kier molecular flexibility index (Phi) is 49.7. The van der Waals surface area contributed by atoms with Crippen molar-refractivity contribution >= 4 is 5.91 Å². The highest BCUT2D eigenvalue weighted by Crippen LogP contribution is 2.33. The number of aliphatic hydroxyl groups excluding tert-OH is 11. The molecule has 3 aliphatic rings. The topological polar surface area (TPSA) is 307 Å². The summed E-state index contributed by atoms with van der Waals surface area (Å²) in [7, 11) is 0. The van der Waals surface area contributed by atoms with Crippen LogP contribution >= 0.6 is 0 Å². The minimum absolute atomic E-state index is 0.175. The molecule has 0 aliphatic carbocycles. The third-order valence-electron chi connectivity index (χ3n) is 17.7. The molecule has 0 radical (unpaired) electrons. The first-order valence-electron chi connectivity index (χ1n) is 36.3. The van der Waals surface area contributed by atoms with Crippen LogP contribution in [-0.2, 0) is 33.2 Å². The number of ether oxygens (including phenoxy) is 6. The normalized spacial score (nSPS) is 28.0. The highest BCUT2D eigenvalue weighted by Gasteiger charge is 2.53. The predicted octanol–water partition coefficient (Wildman–Crippen LogP) is 10.3. The van der Waals surface area contributed by atoms with Gasteiger partial charge in [-0.1, -0.05) is 240 Å². The summed E-state index contributed by atoms with van der Waals surface area (Å²) in [4.78, 5) is 13.3. The van der Waals surface area contributed by atoms with E-state index in [2.05, 4.69) is 92.1 Å². The Morgan fingerprint density at radius 2 is 0.753 bits per heavy atom. The zero-order chi connectivity index (χ0) is 67.5. The zero-order valence-corrected chi connectivity index (χ0v) is 57.0. The second-order valence-corrected chi connectivity index (χ2v) is 25.6. The molecule has 0 aromatic carbocycles. The maximum Gasteiger partial charge on any atom is 0.220 e. The van der Waals surface area contributed by atoms with E-state index in [1.807, 2.05) is 6.08 Å². The second-order valence-electron chi connectivity index (χ2n) is 25.6. The summed E-state index contributed by atoms with van der Waals surface area (Å²) in [5, 5.41) is 120. The maximum absolute atomic E-state index is 13.3. The molecule has 93 heavy (non-hydrogen) atoms. The molecule has 3 heterocycles. The number of aliphatic hydroxyl groups is 11. The number of rotatable bonds is 55. The molecule has 0 bridgehead atoms. The van der Waals surface area contributed by atoms with Crippen molar-refractivity contribution in [3.63, 3.8) is 0 Å². The standard InChI is InChI=1S/C74H129NO18/c1-3-5-7-9-11-13-15-17-19-20-21-22-23-24-25-26-27-28-29-30-31-32-33-34-35-36-38-39-41-43-45-47-49-51-58(79)57(75-62(80)52-50-48-46-44-42-40-37-18-16-14-12-10-8-6-4-2)56-88-72-68(86)65(83)70(60(54-77)90-72)93-74-69(87)66(84)71(61(55-78)91-74)92-73-67(85)64(82)63(81)59(53-76)89-73/h6,8,12,14,18,35-37,41-44,49,51,57-61,63-74,76-79,81-87H,3-5,7,9-11,13,15-17,19-34,38-40,45-48,50,52-56H2,1-2H3,(H,75,80)/b8-6-,14-12-,36-35+,37-18-,43-41+,44-42-,51-49+. The molecule has 19 heteroatoms. The van der Waals surface area contributed by atoms with Crippen LogP contribution in [0.25, 0.3) is 0 Å². The quantitative estimate of drug-likeness (QED) is 0.0199. The summed E-state index contributed by atoms with van der Waals surface area (Å²) in [6, 6.07) is -1.02. The van der Waals surface area contributed by atoms with E-state index in [4.69, 9.17) is 28.4 Å². The number of amides is 1. The van der Waals surface area contributed by atoms with Crippen LogP contribution in [0.1, 0.15) is 245 Å². The highest BCUT2D eigenvalue weighted by molar-refractivity contribution is 5.76. The van der Waals surface area contributed by atoms with E-state index in [1.165, 1.54) is 148 Å². The van der Waals surface area contributed by atoms with Gasteiger partial charge in [0.15, 0.2) is 18.9 Å². The fraction of sp³-hybridized carbons (Fsp3) is 0.797. The van der Waals surface area contributed by atoms with Crippen LogP contribution in [0.2, 0.25) is 0 Å². The van der Waals surface area contributed by atoms with Gasteiger partial charge in [-0.25, -0.2) is 0 Å². The summed E-state index contributed by atoms with van der Waals surface area (Å²) in [5.74, 6) is -0.332. The molecule has 17 atom stereocenters. The number of carbonyl (C=O) groups excluding carboxylic acids is 1. The fourth-order valence-electron chi connectivity index (χ4n) is 11.8. The van der Waals surface area contributed by atoms with Gasteiger partial charge in [-0.15, -0.1) is 0 Å². The van der Waals surface area contributed by atoms with Gasteiger partial charge in [0.2, 0.25) is 5.91 Å². The molecule has 19 nitrogen and oxygen atoms in total. The van der Waals surface area contributed by atoms with Gasteiger partial charge in [-0.3, -0.25) is 4.79 Å². The molecular formula is C74H129NO18. The lowest BCUT2D eigenvalue weighted by molar-refractivity contribution is -0.379. The van der Waals surface area contributed by atoms with Gasteiger partial charge in [-0.05, 0) is 83.5 Å². The largest absolute Gasteiger partial charge is 0.394 e. The Morgan fingerprint density at radius 3 is 1.20 bits per heavy atom. The van der Waals surface area contributed by atoms with Gasteiger partial charge in [0.25, 0.3) is 0 Å². The second kappa shape index (κ2) is 54.9. The van der Waals surface area contributed by atoms with Gasteiger partial charge in [0, 0.05) is 6.42 Å². The number of carbonyl (C=O) groups is 1. The first-order chi connectivity index (χ1) is 45.3. The molecule has 538 valence electrons. The molecular weight excluding hydrogens is 1190 g/mol. The molecule has 3 rings (SSSR count). The first kappa shape index (κ1) is 84.2. The molecule has 0 aromatic heterocycles. The average Bonchev–Trinajstić information content (AvgIpc) is 0.814. The van der Waals surface area contributed by atoms with Crippen molar-refractivity contribution in [3.05, 3.63) is 85.1 Å². The summed E-state index contributed by atoms with van der Waals surface area (Å²) >= 11 is 0. The summed E-state index contributed by atoms with van der Waals surface area (Å²) in [6.45, 7) is 1.56. The zero-order valence-electron chi connectivity index (χ0n) is 57.0. The molecule has 3 saturated heterocycles. The molecule has 0 saturated carbocycles. The Balaban J connectivity index is 1.40. The average molecular weight is 1320 g/mol. The number of allylic oxidation sites excluding steroid dienone is 13. The van der Waals surface area contributed by atoms with E-state index in [1.54, 1.807) is 6.08 Å². The summed E-state index contributed by atoms with van der Waals surface area (Å²) in [6.07, 6.45) is 44.6. The smallest absolute Gasteiger partial charge is 0.220 e. The van der Waals surface area contributed by atoms with E-state index >= 15 is 0 Å². The summed E-state index contributed by atoms with van der Waals surface area (Å²) < 4.78 is 34.3. The SMILES string of the molecule is CC/C=C\C/C=C\C/C=C\C/C=C\CCCCC(=O)NC(COC1OC(CO)C(OC2OC(CO)C(OC3OC(CO)C(O)C(O)C3O)C(O)C2O)C(O)C1O)C(O)/C=C/CC/C=C/CC/C=C/CCCCCCCCCCCCCCCCCCCCCCCCC. The third kappa shape index (κ3) is 36.4. The number of nitrogens with one attached hydrogen (secondary N) is 1. The van der Waals surface area contributed by atoms with E-state index < -0.39 is 131 Å². The number of hydrogen-bond acceptors (Lipinski definition) is 18. The lowest BCUT2D eigenvalue weighted by Gasteiger charge is -2.48. The highest BCUT2D eigenvalue weighted by atomic mass is 16.8. The lowest BCUT2D eigenvalue weighted by atomic mass is 9.96. The van der Waals surface area contributed by atoms with Crippen molar-refractivity contribution in [1.29, 1.82) is 0 Å². The van der Waals surface area contributed by atoms with Crippen molar-refractivity contribution in [2.75, 3.05) is 26.4 Å². The van der Waals surface area contributed by atoms with Crippen LogP contribution in [0.15, 0.2) is 85.1 Å². The van der Waals surface area contributed by atoms with Crippen LogP contribution in [0.5, 0.6) is 0 Å². The van der Waals surface area contributed by atoms with Gasteiger partial charge in [0.05, 0.1) is 38.6 Å². The van der Waals surface area contributed by atoms with E-state index in [0.717, 1.165) is 64.2 Å². The monoisotopic (exact) mass is 1320 g/mol. The maximum atomic E-state index is 13.3. The number of hydrogen-bond donors (Lipinski definition) is 12. The van der Waals surface area contributed by atoms with Gasteiger partial charge in [0.1, 0.15) is 73.2 Å². The molecule has 0 spiro atoms. The first-order valence-corrected chi connectivity index (χ1v) is 36.3. The molecule has 12 N–H and O–H groups in total. The third-order valence-corrected chi connectivity index (χ3v) is 17.7. The number of unbranched alkanes of at least 4 members (excludes halogenated alkanes) is 27. The Morgan fingerprint density at radius 1 is 0.398 bits per heavy atom. The molecule has 3 fully saturated rings. The van der Waals surface area contributed by atoms with Crippen molar-refractivity contribution in [1.82, 2.24) is 5.32 Å². The Bertz CT molecular complexity index is 2010. The molecule has 1 amide bonds. The van der Waals surface area contributed by atoms with Gasteiger partial charge < -0.3 is 89.9 Å². The molecule has 0 aromatic rings. The van der Waals surface area contributed by atoms with Crippen LogP contribution in [0, 0.1) is 0 Å². The Labute approximate surface area is 559 Å². The fourth-order valence-corrected chi connectivity index (χ4v) is 11.8. The summed E-state index contributed by atoms with van der Waals surface area (Å²) in [5.41, 5.74) is 0. The minimum atomic E-state index is -1.99. The van der Waals surface area contributed by atoms with Crippen molar-refractivity contribution in [2.45, 2.75) is 349 Å². The lowest BCUT2D eigenvalue weighted by Crippen LogP contribution is -2.66. The van der Waals surface area contributed by atoms with E-state index in [9.17, 15) is 61.0 Å². The van der Waals surface area contributed by atoms with Gasteiger partial charge in [-0.2, -0.15) is 0 Å². The van der Waals surface area contributed by atoms with Crippen molar-refractivity contribution in [2.24, 2.45) is 0 Å². The van der Waals surface area contributed by atoms with E-state index in [-0.39, 0.29) is 12.3 Å². The molecule has 17 unspecified atom stereocenters. The Hall–Kier alpha value is -3.03. The van der Waals surface area contributed by atoms with Crippen LogP contribution in [0.3, 0.4) is 0 Å². The van der Waals surface area contributed by atoms with Crippen LogP contribution < -0.4 is 5.32 Å². The van der Waals surface area contributed by atoms with Crippen molar-refractivity contribution < 1.29 is 89.4 Å². The predicted molar refractivity (Wildman–Crippen MR) is 364 cm³/mol. The van der Waals surface area contributed by atoms with Crippen molar-refractivity contribution in [3.8, 4) is 0 Å². The molecule has 3 aliphatic heterocycles.